The Hall–Kier alpha value is -3.93. The smallest absolute Gasteiger partial charge is 0.406 e. The summed E-state index contributed by atoms with van der Waals surface area (Å²) in [6, 6.07) is 16.7. The van der Waals surface area contributed by atoms with Gasteiger partial charge in [0.25, 0.3) is 0 Å². The predicted molar refractivity (Wildman–Crippen MR) is 135 cm³/mol. The molecule has 0 saturated carbocycles. The number of halogens is 6. The third-order valence-electron chi connectivity index (χ3n) is 6.08. The van der Waals surface area contributed by atoms with Crippen LogP contribution in [0.15, 0.2) is 78.9 Å². The van der Waals surface area contributed by atoms with Crippen LogP contribution in [-0.4, -0.2) is 36.5 Å². The summed E-state index contributed by atoms with van der Waals surface area (Å²) in [4.78, 5) is 13.3. The SMILES string of the molecule is CC(C)C(CO)NC(=O)NC(Cc1ccccc1)(c1cccc(OC(F)(F)F)c1)c1cccc(OC(F)(F)F)c1. The van der Waals surface area contributed by atoms with Gasteiger partial charge >= 0.3 is 18.8 Å². The molecule has 0 heterocycles. The highest BCUT2D eigenvalue weighted by molar-refractivity contribution is 5.76. The number of carbonyl (C=O) groups is 1. The average Bonchev–Trinajstić information content (AvgIpc) is 2.85. The number of nitrogens with one attached hydrogen (secondary N) is 2. The van der Waals surface area contributed by atoms with Crippen molar-refractivity contribution in [2.75, 3.05) is 6.61 Å². The van der Waals surface area contributed by atoms with E-state index in [1.807, 2.05) is 0 Å². The summed E-state index contributed by atoms with van der Waals surface area (Å²) in [6.07, 6.45) is -10.1. The second-order valence-electron chi connectivity index (χ2n) is 9.35. The lowest BCUT2D eigenvalue weighted by atomic mass is 9.77. The summed E-state index contributed by atoms with van der Waals surface area (Å²) in [6.45, 7) is 3.11. The molecule has 3 rings (SSSR count). The molecule has 0 bridgehead atoms. The van der Waals surface area contributed by atoms with Crippen LogP contribution in [0.4, 0.5) is 31.1 Å². The van der Waals surface area contributed by atoms with Gasteiger partial charge in [-0.1, -0.05) is 68.4 Å². The number of urea groups is 1. The molecule has 3 aromatic carbocycles. The van der Waals surface area contributed by atoms with Gasteiger partial charge in [-0.05, 0) is 46.9 Å². The van der Waals surface area contributed by atoms with Gasteiger partial charge in [-0.25, -0.2) is 4.79 Å². The van der Waals surface area contributed by atoms with Gasteiger partial charge < -0.3 is 25.2 Å². The summed E-state index contributed by atoms with van der Waals surface area (Å²) in [5.74, 6) is -1.38. The monoisotopic (exact) mass is 570 g/mol. The largest absolute Gasteiger partial charge is 0.573 e. The molecule has 0 aliphatic carbocycles. The van der Waals surface area contributed by atoms with Crippen LogP contribution in [0.3, 0.4) is 0 Å². The number of rotatable bonds is 10. The molecule has 0 aliphatic heterocycles. The molecular formula is C28H28F6N2O4. The van der Waals surface area contributed by atoms with Crippen LogP contribution in [0.2, 0.25) is 0 Å². The number of amides is 2. The van der Waals surface area contributed by atoms with Crippen molar-refractivity contribution >= 4 is 6.03 Å². The molecule has 12 heteroatoms. The van der Waals surface area contributed by atoms with Crippen LogP contribution in [-0.2, 0) is 12.0 Å². The van der Waals surface area contributed by atoms with Crippen molar-refractivity contribution in [2.24, 2.45) is 5.92 Å². The van der Waals surface area contributed by atoms with E-state index in [1.54, 1.807) is 44.2 Å². The number of aliphatic hydroxyl groups excluding tert-OH is 1. The van der Waals surface area contributed by atoms with Gasteiger partial charge in [0.1, 0.15) is 11.5 Å². The Morgan fingerprint density at radius 1 is 0.800 bits per heavy atom. The fourth-order valence-corrected chi connectivity index (χ4v) is 4.20. The molecule has 2 amide bonds. The highest BCUT2D eigenvalue weighted by Crippen LogP contribution is 2.38. The normalized spacial score (nSPS) is 13.1. The number of carbonyl (C=O) groups excluding carboxylic acids is 1. The summed E-state index contributed by atoms with van der Waals surface area (Å²) >= 11 is 0. The predicted octanol–water partition coefficient (Wildman–Crippen LogP) is 6.29. The molecule has 1 atom stereocenters. The summed E-state index contributed by atoms with van der Waals surface area (Å²) in [7, 11) is 0. The lowest BCUT2D eigenvalue weighted by Gasteiger charge is -2.37. The van der Waals surface area contributed by atoms with Gasteiger partial charge in [-0.3, -0.25) is 0 Å². The molecule has 216 valence electrons. The maximum atomic E-state index is 13.3. The number of aliphatic hydroxyl groups is 1. The quantitative estimate of drug-likeness (QED) is 0.251. The van der Waals surface area contributed by atoms with E-state index in [4.69, 9.17) is 0 Å². The van der Waals surface area contributed by atoms with Gasteiger partial charge in [0.05, 0.1) is 18.2 Å². The first-order chi connectivity index (χ1) is 18.7. The summed E-state index contributed by atoms with van der Waals surface area (Å²) in [5.41, 5.74) is -0.946. The Morgan fingerprint density at radius 2 is 1.30 bits per heavy atom. The fraction of sp³-hybridized carbons (Fsp3) is 0.321. The molecule has 0 spiro atoms. The Kier molecular flexibility index (Phi) is 9.56. The van der Waals surface area contributed by atoms with Crippen LogP contribution in [0.25, 0.3) is 0 Å². The second-order valence-corrected chi connectivity index (χ2v) is 9.35. The number of alkyl halides is 6. The van der Waals surface area contributed by atoms with Crippen LogP contribution in [0, 0.1) is 5.92 Å². The molecule has 6 nitrogen and oxygen atoms in total. The van der Waals surface area contributed by atoms with E-state index in [2.05, 4.69) is 20.1 Å². The third-order valence-corrected chi connectivity index (χ3v) is 6.08. The minimum Gasteiger partial charge on any atom is -0.406 e. The van der Waals surface area contributed by atoms with Gasteiger partial charge in [0, 0.05) is 6.42 Å². The van der Waals surface area contributed by atoms with Gasteiger partial charge in [-0.15, -0.1) is 26.3 Å². The van der Waals surface area contributed by atoms with Crippen molar-refractivity contribution in [3.63, 3.8) is 0 Å². The minimum atomic E-state index is -5.02. The molecule has 0 fully saturated rings. The zero-order valence-electron chi connectivity index (χ0n) is 21.5. The van der Waals surface area contributed by atoms with Crippen LogP contribution >= 0.6 is 0 Å². The van der Waals surface area contributed by atoms with E-state index in [0.717, 1.165) is 24.3 Å². The van der Waals surface area contributed by atoms with E-state index >= 15 is 0 Å². The maximum Gasteiger partial charge on any atom is 0.573 e. The van der Waals surface area contributed by atoms with E-state index in [0.29, 0.717) is 5.56 Å². The van der Waals surface area contributed by atoms with Gasteiger partial charge in [0.15, 0.2) is 0 Å². The lowest BCUT2D eigenvalue weighted by Crippen LogP contribution is -2.55. The number of ether oxygens (including phenoxy) is 2. The molecule has 40 heavy (non-hydrogen) atoms. The van der Waals surface area contributed by atoms with E-state index in [9.17, 15) is 36.2 Å². The first-order valence-electron chi connectivity index (χ1n) is 12.2. The fourth-order valence-electron chi connectivity index (χ4n) is 4.20. The number of hydrogen-bond donors (Lipinski definition) is 3. The first kappa shape index (κ1) is 30.6. The van der Waals surface area contributed by atoms with Crippen molar-refractivity contribution < 1.29 is 45.7 Å². The summed E-state index contributed by atoms with van der Waals surface area (Å²) in [5, 5.41) is 15.1. The second kappa shape index (κ2) is 12.5. The molecule has 1 unspecified atom stereocenters. The molecule has 0 aliphatic rings. The molecule has 3 N–H and O–H groups in total. The molecule has 0 saturated heterocycles. The highest BCUT2D eigenvalue weighted by Gasteiger charge is 2.39. The van der Waals surface area contributed by atoms with Gasteiger partial charge in [0.2, 0.25) is 0 Å². The van der Waals surface area contributed by atoms with Crippen molar-refractivity contribution in [3.8, 4) is 11.5 Å². The summed E-state index contributed by atoms with van der Waals surface area (Å²) < 4.78 is 86.6. The van der Waals surface area contributed by atoms with E-state index in [-0.39, 0.29) is 23.5 Å². The van der Waals surface area contributed by atoms with E-state index in [1.165, 1.54) is 24.3 Å². The Morgan fingerprint density at radius 3 is 1.73 bits per heavy atom. The highest BCUT2D eigenvalue weighted by atomic mass is 19.4. The Bertz CT molecular complexity index is 1210. The number of hydrogen-bond acceptors (Lipinski definition) is 4. The topological polar surface area (TPSA) is 79.8 Å². The molecule has 3 aromatic rings. The minimum absolute atomic E-state index is 0.0856. The zero-order chi connectivity index (χ0) is 29.6. The van der Waals surface area contributed by atoms with Crippen LogP contribution in [0.5, 0.6) is 11.5 Å². The van der Waals surface area contributed by atoms with Crippen molar-refractivity contribution in [3.05, 3.63) is 95.6 Å². The Labute approximate surface area is 226 Å². The maximum absolute atomic E-state index is 13.3. The average molecular weight is 571 g/mol. The zero-order valence-corrected chi connectivity index (χ0v) is 21.5. The molecule has 0 radical (unpaired) electrons. The third kappa shape index (κ3) is 8.54. The standard InChI is InChI=1S/C28H28F6N2O4/c1-18(2)24(17-37)35-25(38)36-26(16-19-8-4-3-5-9-19,20-10-6-12-22(14-20)39-27(29,30)31)21-11-7-13-23(15-21)40-28(32,33)34/h3-15,18,24,37H,16-17H2,1-2H3,(H2,35,36,38). The first-order valence-corrected chi connectivity index (χ1v) is 12.2. The van der Waals surface area contributed by atoms with Crippen molar-refractivity contribution in [2.45, 2.75) is 44.6 Å². The van der Waals surface area contributed by atoms with E-state index < -0.39 is 48.4 Å². The van der Waals surface area contributed by atoms with Crippen LogP contribution < -0.4 is 20.1 Å². The Balaban J connectivity index is 2.24. The molecule has 0 aromatic heterocycles. The van der Waals surface area contributed by atoms with Crippen molar-refractivity contribution in [1.29, 1.82) is 0 Å². The number of benzene rings is 3. The van der Waals surface area contributed by atoms with Gasteiger partial charge in [-0.2, -0.15) is 0 Å². The molecular weight excluding hydrogens is 542 g/mol. The lowest BCUT2D eigenvalue weighted by molar-refractivity contribution is -0.275. The van der Waals surface area contributed by atoms with Crippen LogP contribution in [0.1, 0.15) is 30.5 Å². The van der Waals surface area contributed by atoms with Crippen molar-refractivity contribution in [1.82, 2.24) is 10.6 Å².